The van der Waals surface area contributed by atoms with Crippen LogP contribution in [0.25, 0.3) is 11.3 Å². The predicted octanol–water partition coefficient (Wildman–Crippen LogP) is 3.09. The van der Waals surface area contributed by atoms with Gasteiger partial charge in [-0.25, -0.2) is 9.97 Å². The highest BCUT2D eigenvalue weighted by molar-refractivity contribution is 9.10. The average molecular weight is 274 g/mol. The van der Waals surface area contributed by atoms with Crippen molar-refractivity contribution in [3.05, 3.63) is 46.3 Å². The highest BCUT2D eigenvalue weighted by atomic mass is 79.9. The summed E-state index contributed by atoms with van der Waals surface area (Å²) >= 11 is 3.38. The van der Waals surface area contributed by atoms with Crippen molar-refractivity contribution in [1.82, 2.24) is 9.97 Å². The minimum atomic E-state index is 0.612. The summed E-state index contributed by atoms with van der Waals surface area (Å²) in [5.74, 6) is 0.719. The largest absolute Gasteiger partial charge is 0.242 e. The van der Waals surface area contributed by atoms with Gasteiger partial charge in [0, 0.05) is 16.2 Å². The number of hydrogen-bond acceptors (Lipinski definition) is 3. The summed E-state index contributed by atoms with van der Waals surface area (Å²) in [5, 5.41) is 8.88. The van der Waals surface area contributed by atoms with Crippen molar-refractivity contribution in [3.63, 3.8) is 0 Å². The molecule has 0 atom stereocenters. The van der Waals surface area contributed by atoms with Gasteiger partial charge in [0.15, 0.2) is 0 Å². The van der Waals surface area contributed by atoms with E-state index in [9.17, 15) is 0 Å². The van der Waals surface area contributed by atoms with E-state index >= 15 is 0 Å². The Labute approximate surface area is 102 Å². The lowest BCUT2D eigenvalue weighted by atomic mass is 10.1. The number of benzene rings is 1. The molecule has 1 heterocycles. The number of aromatic nitrogens is 2. The molecule has 3 nitrogen and oxygen atoms in total. The number of nitriles is 1. The predicted molar refractivity (Wildman–Crippen MR) is 64.6 cm³/mol. The molecule has 0 spiro atoms. The molecule has 2 rings (SSSR count). The quantitative estimate of drug-likeness (QED) is 0.802. The van der Waals surface area contributed by atoms with E-state index in [1.54, 1.807) is 12.3 Å². The molecule has 0 aliphatic carbocycles. The second-order valence-corrected chi connectivity index (χ2v) is 4.25. The minimum absolute atomic E-state index is 0.612. The van der Waals surface area contributed by atoms with E-state index in [4.69, 9.17) is 5.26 Å². The van der Waals surface area contributed by atoms with Crippen LogP contribution in [0.5, 0.6) is 0 Å². The SMILES string of the molecule is Cc1nccc(-c2cc(Br)cc(C#N)c2)n1. The van der Waals surface area contributed by atoms with E-state index < -0.39 is 0 Å². The molecule has 0 unspecified atom stereocenters. The Kier molecular flexibility index (Phi) is 2.97. The van der Waals surface area contributed by atoms with Gasteiger partial charge in [-0.15, -0.1) is 0 Å². The lowest BCUT2D eigenvalue weighted by Crippen LogP contribution is -1.90. The zero-order chi connectivity index (χ0) is 11.5. The fraction of sp³-hybridized carbons (Fsp3) is 0.0833. The molecule has 0 amide bonds. The molecule has 0 radical (unpaired) electrons. The second-order valence-electron chi connectivity index (χ2n) is 3.33. The van der Waals surface area contributed by atoms with Crippen LogP contribution in [0.2, 0.25) is 0 Å². The lowest BCUT2D eigenvalue weighted by Gasteiger charge is -2.03. The summed E-state index contributed by atoms with van der Waals surface area (Å²) in [6.45, 7) is 1.84. The molecule has 0 aliphatic heterocycles. The maximum Gasteiger partial charge on any atom is 0.125 e. The van der Waals surface area contributed by atoms with Crippen LogP contribution in [0.15, 0.2) is 34.9 Å². The monoisotopic (exact) mass is 273 g/mol. The average Bonchev–Trinajstić information content (AvgIpc) is 2.28. The molecule has 1 aromatic carbocycles. The molecule has 0 fully saturated rings. The molecule has 16 heavy (non-hydrogen) atoms. The number of rotatable bonds is 1. The van der Waals surface area contributed by atoms with Gasteiger partial charge in [-0.1, -0.05) is 15.9 Å². The molecule has 4 heteroatoms. The van der Waals surface area contributed by atoms with Crippen LogP contribution >= 0.6 is 15.9 Å². The van der Waals surface area contributed by atoms with Crippen molar-refractivity contribution >= 4 is 15.9 Å². The Morgan fingerprint density at radius 1 is 1.31 bits per heavy atom. The van der Waals surface area contributed by atoms with Crippen LogP contribution in [0, 0.1) is 18.3 Å². The van der Waals surface area contributed by atoms with Crippen molar-refractivity contribution < 1.29 is 0 Å². The zero-order valence-corrected chi connectivity index (χ0v) is 10.2. The summed E-state index contributed by atoms with van der Waals surface area (Å²) in [6.07, 6.45) is 1.71. The third-order valence-corrected chi connectivity index (χ3v) is 2.56. The Morgan fingerprint density at radius 3 is 2.81 bits per heavy atom. The highest BCUT2D eigenvalue weighted by Gasteiger charge is 2.03. The summed E-state index contributed by atoms with van der Waals surface area (Å²) in [7, 11) is 0. The van der Waals surface area contributed by atoms with Crippen molar-refractivity contribution in [2.24, 2.45) is 0 Å². The molecule has 0 bridgehead atoms. The summed E-state index contributed by atoms with van der Waals surface area (Å²) in [5.41, 5.74) is 2.35. The topological polar surface area (TPSA) is 49.6 Å². The summed E-state index contributed by atoms with van der Waals surface area (Å²) in [6, 6.07) is 9.47. The zero-order valence-electron chi connectivity index (χ0n) is 8.61. The van der Waals surface area contributed by atoms with E-state index in [2.05, 4.69) is 32.0 Å². The van der Waals surface area contributed by atoms with E-state index in [0.717, 1.165) is 21.6 Å². The van der Waals surface area contributed by atoms with Gasteiger partial charge in [0.1, 0.15) is 5.82 Å². The first kappa shape index (κ1) is 10.8. The van der Waals surface area contributed by atoms with Crippen LogP contribution in [-0.2, 0) is 0 Å². The van der Waals surface area contributed by atoms with Crippen molar-refractivity contribution in [3.8, 4) is 17.3 Å². The number of hydrogen-bond donors (Lipinski definition) is 0. The first-order valence-corrected chi connectivity index (χ1v) is 5.49. The maximum absolute atomic E-state index is 8.88. The van der Waals surface area contributed by atoms with Gasteiger partial charge in [0.25, 0.3) is 0 Å². The van der Waals surface area contributed by atoms with Crippen molar-refractivity contribution in [2.75, 3.05) is 0 Å². The van der Waals surface area contributed by atoms with Gasteiger partial charge in [0.2, 0.25) is 0 Å². The smallest absolute Gasteiger partial charge is 0.125 e. The molecule has 0 saturated heterocycles. The molecule has 0 N–H and O–H groups in total. The molecular weight excluding hydrogens is 266 g/mol. The lowest BCUT2D eigenvalue weighted by molar-refractivity contribution is 1.06. The molecule has 0 aliphatic rings. The minimum Gasteiger partial charge on any atom is -0.242 e. The summed E-state index contributed by atoms with van der Waals surface area (Å²) in [4.78, 5) is 8.36. The maximum atomic E-state index is 8.88. The Bertz CT molecular complexity index is 573. The molecule has 0 saturated carbocycles. The van der Waals surface area contributed by atoms with E-state index in [1.807, 2.05) is 25.1 Å². The first-order valence-electron chi connectivity index (χ1n) is 4.70. The molecular formula is C12H8BrN3. The fourth-order valence-corrected chi connectivity index (χ4v) is 1.91. The van der Waals surface area contributed by atoms with Crippen molar-refractivity contribution in [1.29, 1.82) is 5.26 Å². The van der Waals surface area contributed by atoms with Gasteiger partial charge in [-0.05, 0) is 31.2 Å². The van der Waals surface area contributed by atoms with Gasteiger partial charge in [-0.2, -0.15) is 5.26 Å². The number of aryl methyl sites for hydroxylation is 1. The molecule has 2 aromatic rings. The molecule has 78 valence electrons. The summed E-state index contributed by atoms with van der Waals surface area (Å²) < 4.78 is 0.873. The van der Waals surface area contributed by atoms with Crippen LogP contribution in [0.3, 0.4) is 0 Å². The molecule has 1 aromatic heterocycles. The normalized spacial score (nSPS) is 9.81. The van der Waals surface area contributed by atoms with E-state index in [-0.39, 0.29) is 0 Å². The van der Waals surface area contributed by atoms with E-state index in [1.165, 1.54) is 0 Å². The third kappa shape index (κ3) is 2.26. The van der Waals surface area contributed by atoms with Crippen LogP contribution < -0.4 is 0 Å². The second kappa shape index (κ2) is 4.42. The van der Waals surface area contributed by atoms with Crippen LogP contribution in [0.4, 0.5) is 0 Å². The van der Waals surface area contributed by atoms with E-state index in [0.29, 0.717) is 5.56 Å². The van der Waals surface area contributed by atoms with Gasteiger partial charge in [0.05, 0.1) is 17.3 Å². The highest BCUT2D eigenvalue weighted by Crippen LogP contribution is 2.23. The fourth-order valence-electron chi connectivity index (χ4n) is 1.42. The van der Waals surface area contributed by atoms with Crippen molar-refractivity contribution in [2.45, 2.75) is 6.92 Å². The Balaban J connectivity index is 2.56. The Hall–Kier alpha value is -1.73. The first-order chi connectivity index (χ1) is 7.69. The third-order valence-electron chi connectivity index (χ3n) is 2.10. The Morgan fingerprint density at radius 2 is 2.12 bits per heavy atom. The van der Waals surface area contributed by atoms with Crippen LogP contribution in [0.1, 0.15) is 11.4 Å². The standard InChI is InChI=1S/C12H8BrN3/c1-8-15-3-2-12(16-8)10-4-9(7-14)5-11(13)6-10/h2-6H,1H3. The van der Waals surface area contributed by atoms with Gasteiger partial charge in [-0.3, -0.25) is 0 Å². The van der Waals surface area contributed by atoms with Gasteiger partial charge < -0.3 is 0 Å². The van der Waals surface area contributed by atoms with Gasteiger partial charge >= 0.3 is 0 Å². The van der Waals surface area contributed by atoms with Crippen LogP contribution in [-0.4, -0.2) is 9.97 Å². The number of nitrogens with zero attached hydrogens (tertiary/aromatic N) is 3. The number of halogens is 1.